The van der Waals surface area contributed by atoms with Gasteiger partial charge >= 0.3 is 0 Å². The maximum atomic E-state index is 13.0. The number of benzene rings is 1. The number of likely N-dealkylation sites (tertiary alicyclic amines) is 1. The van der Waals surface area contributed by atoms with Crippen LogP contribution in [0.2, 0.25) is 0 Å². The highest BCUT2D eigenvalue weighted by atomic mass is 16.5. The highest BCUT2D eigenvalue weighted by Crippen LogP contribution is 2.27. The van der Waals surface area contributed by atoms with Gasteiger partial charge in [0.1, 0.15) is 11.8 Å². The van der Waals surface area contributed by atoms with E-state index in [2.05, 4.69) is 10.3 Å². The number of carbonyl (C=O) groups is 3. The van der Waals surface area contributed by atoms with E-state index in [9.17, 15) is 14.4 Å². The third kappa shape index (κ3) is 5.70. The van der Waals surface area contributed by atoms with E-state index in [0.717, 1.165) is 17.5 Å². The van der Waals surface area contributed by atoms with Crippen molar-refractivity contribution >= 4 is 17.6 Å². The Morgan fingerprint density at radius 1 is 1.22 bits per heavy atom. The minimum Gasteiger partial charge on any atom is -0.496 e. The second-order valence-corrected chi connectivity index (χ2v) is 8.03. The van der Waals surface area contributed by atoms with Crippen molar-refractivity contribution in [1.82, 2.24) is 15.2 Å². The first-order chi connectivity index (χ1) is 15.4. The van der Waals surface area contributed by atoms with E-state index in [4.69, 9.17) is 10.5 Å². The molecule has 0 radical (unpaired) electrons. The van der Waals surface area contributed by atoms with Crippen molar-refractivity contribution < 1.29 is 19.1 Å². The van der Waals surface area contributed by atoms with Gasteiger partial charge in [-0.05, 0) is 49.9 Å². The van der Waals surface area contributed by atoms with Crippen LogP contribution in [0.15, 0.2) is 48.8 Å². The molecule has 8 heteroatoms. The summed E-state index contributed by atoms with van der Waals surface area (Å²) in [6.45, 7) is 1.95. The molecule has 1 aliphatic rings. The summed E-state index contributed by atoms with van der Waals surface area (Å²) in [5.74, 6) is -0.00121. The summed E-state index contributed by atoms with van der Waals surface area (Å²) in [4.78, 5) is 43.7. The van der Waals surface area contributed by atoms with Crippen LogP contribution >= 0.6 is 0 Å². The average molecular weight is 439 g/mol. The molecule has 1 aromatic heterocycles. The van der Waals surface area contributed by atoms with Crippen LogP contribution in [0.25, 0.3) is 0 Å². The number of nitrogens with one attached hydrogen (secondary N) is 1. The standard InChI is InChI=1S/C24H30N4O4/c1-16(29)20(14-17-9-11-26-12-10-17)27-24(31)21-7-5-13-28(21)23(30)15-19(25)18-6-3-4-8-22(18)32-2/h3-4,6,8-12,19-21H,5,7,13-15,25H2,1-2H3,(H,27,31)/t19?,20-,21-/m0/s1. The van der Waals surface area contributed by atoms with Crippen LogP contribution in [0.5, 0.6) is 5.75 Å². The summed E-state index contributed by atoms with van der Waals surface area (Å²) < 4.78 is 5.34. The SMILES string of the molecule is COc1ccccc1C(N)CC(=O)N1CCC[C@H]1C(=O)N[C@@H](Cc1ccncc1)C(C)=O. The van der Waals surface area contributed by atoms with Gasteiger partial charge in [-0.2, -0.15) is 0 Å². The largest absolute Gasteiger partial charge is 0.496 e. The minimum atomic E-state index is -0.654. The van der Waals surface area contributed by atoms with Gasteiger partial charge in [-0.15, -0.1) is 0 Å². The molecule has 1 fully saturated rings. The van der Waals surface area contributed by atoms with E-state index in [0.29, 0.717) is 25.1 Å². The average Bonchev–Trinajstić information content (AvgIpc) is 3.29. The number of ether oxygens (including phenoxy) is 1. The first-order valence-electron chi connectivity index (χ1n) is 10.8. The smallest absolute Gasteiger partial charge is 0.243 e. The van der Waals surface area contributed by atoms with Crippen molar-refractivity contribution in [1.29, 1.82) is 0 Å². The number of carbonyl (C=O) groups excluding carboxylic acids is 3. The molecule has 2 amide bonds. The summed E-state index contributed by atoms with van der Waals surface area (Å²) >= 11 is 0. The van der Waals surface area contributed by atoms with Gasteiger partial charge in [0, 0.05) is 37.0 Å². The van der Waals surface area contributed by atoms with E-state index >= 15 is 0 Å². The Labute approximate surface area is 188 Å². The van der Waals surface area contributed by atoms with Crippen molar-refractivity contribution in [2.75, 3.05) is 13.7 Å². The summed E-state index contributed by atoms with van der Waals surface area (Å²) in [6, 6.07) is 9.15. The lowest BCUT2D eigenvalue weighted by atomic mass is 10.0. The van der Waals surface area contributed by atoms with E-state index in [1.165, 1.54) is 6.92 Å². The molecule has 1 aliphatic heterocycles. The summed E-state index contributed by atoms with van der Waals surface area (Å²) in [6.07, 6.45) is 5.03. The van der Waals surface area contributed by atoms with Gasteiger partial charge < -0.3 is 20.7 Å². The fourth-order valence-electron chi connectivity index (χ4n) is 4.04. The second-order valence-electron chi connectivity index (χ2n) is 8.03. The molecule has 0 aliphatic carbocycles. The number of amides is 2. The molecular weight excluding hydrogens is 408 g/mol. The lowest BCUT2D eigenvalue weighted by molar-refractivity contribution is -0.139. The summed E-state index contributed by atoms with van der Waals surface area (Å²) in [5, 5.41) is 2.84. The zero-order valence-electron chi connectivity index (χ0n) is 18.5. The van der Waals surface area contributed by atoms with E-state index < -0.39 is 18.1 Å². The zero-order chi connectivity index (χ0) is 23.1. The number of methoxy groups -OCH3 is 1. The van der Waals surface area contributed by atoms with Crippen LogP contribution < -0.4 is 15.8 Å². The Morgan fingerprint density at radius 2 is 1.94 bits per heavy atom. The van der Waals surface area contributed by atoms with Gasteiger partial charge in [0.2, 0.25) is 11.8 Å². The molecule has 3 rings (SSSR count). The molecule has 0 bridgehead atoms. The third-order valence-electron chi connectivity index (χ3n) is 5.81. The predicted octanol–water partition coefficient (Wildman–Crippen LogP) is 1.79. The van der Waals surface area contributed by atoms with Crippen molar-refractivity contribution in [3.8, 4) is 5.75 Å². The Morgan fingerprint density at radius 3 is 2.62 bits per heavy atom. The molecule has 8 nitrogen and oxygen atoms in total. The first kappa shape index (κ1) is 23.4. The number of rotatable bonds is 9. The first-order valence-corrected chi connectivity index (χ1v) is 10.8. The monoisotopic (exact) mass is 438 g/mol. The molecule has 3 atom stereocenters. The lowest BCUT2D eigenvalue weighted by Crippen LogP contribution is -2.51. The van der Waals surface area contributed by atoms with Crippen LogP contribution in [-0.2, 0) is 20.8 Å². The normalized spacial score (nSPS) is 17.5. The van der Waals surface area contributed by atoms with Crippen LogP contribution in [0.4, 0.5) is 0 Å². The van der Waals surface area contributed by atoms with E-state index in [-0.39, 0.29) is 24.0 Å². The maximum Gasteiger partial charge on any atom is 0.243 e. The molecule has 1 aromatic carbocycles. The highest BCUT2D eigenvalue weighted by molar-refractivity contribution is 5.92. The molecule has 1 saturated heterocycles. The number of para-hydroxylation sites is 1. The Kier molecular flexibility index (Phi) is 7.94. The molecule has 2 heterocycles. The van der Waals surface area contributed by atoms with Crippen LogP contribution in [0.1, 0.15) is 43.4 Å². The predicted molar refractivity (Wildman–Crippen MR) is 120 cm³/mol. The quantitative estimate of drug-likeness (QED) is 0.617. The van der Waals surface area contributed by atoms with Crippen molar-refractivity contribution in [2.45, 2.75) is 50.7 Å². The van der Waals surface area contributed by atoms with Crippen molar-refractivity contribution in [3.63, 3.8) is 0 Å². The number of Topliss-reactive ketones (excluding diaryl/α,β-unsaturated/α-hetero) is 1. The maximum absolute atomic E-state index is 13.0. The molecule has 0 spiro atoms. The van der Waals surface area contributed by atoms with E-state index in [1.54, 1.807) is 30.5 Å². The third-order valence-corrected chi connectivity index (χ3v) is 5.81. The molecule has 170 valence electrons. The lowest BCUT2D eigenvalue weighted by Gasteiger charge is -2.27. The van der Waals surface area contributed by atoms with Crippen LogP contribution in [0.3, 0.4) is 0 Å². The molecule has 3 N–H and O–H groups in total. The minimum absolute atomic E-state index is 0.0668. The number of pyridine rings is 1. The Hall–Kier alpha value is -3.26. The number of ketones is 1. The van der Waals surface area contributed by atoms with Crippen molar-refractivity contribution in [2.24, 2.45) is 5.73 Å². The molecule has 32 heavy (non-hydrogen) atoms. The van der Waals surface area contributed by atoms with Gasteiger partial charge in [-0.1, -0.05) is 18.2 Å². The van der Waals surface area contributed by atoms with Gasteiger partial charge in [-0.25, -0.2) is 0 Å². The van der Waals surface area contributed by atoms with Crippen LogP contribution in [-0.4, -0.2) is 53.2 Å². The number of hydrogen-bond acceptors (Lipinski definition) is 6. The molecule has 2 aromatic rings. The van der Waals surface area contributed by atoms with Gasteiger partial charge in [0.25, 0.3) is 0 Å². The topological polar surface area (TPSA) is 115 Å². The molecule has 0 saturated carbocycles. The second kappa shape index (κ2) is 10.9. The van der Waals surface area contributed by atoms with Gasteiger partial charge in [-0.3, -0.25) is 19.4 Å². The Bertz CT molecular complexity index is 950. The Balaban J connectivity index is 1.65. The molecule has 1 unspecified atom stereocenters. The molecular formula is C24H30N4O4. The summed E-state index contributed by atoms with van der Waals surface area (Å²) in [5.41, 5.74) is 7.94. The van der Waals surface area contributed by atoms with Gasteiger partial charge in [0.15, 0.2) is 5.78 Å². The zero-order valence-corrected chi connectivity index (χ0v) is 18.5. The van der Waals surface area contributed by atoms with Gasteiger partial charge in [0.05, 0.1) is 13.2 Å². The van der Waals surface area contributed by atoms with E-state index in [1.807, 2.05) is 30.3 Å². The van der Waals surface area contributed by atoms with Crippen molar-refractivity contribution in [3.05, 3.63) is 59.9 Å². The van der Waals surface area contributed by atoms with Crippen LogP contribution in [0, 0.1) is 0 Å². The number of nitrogens with zero attached hydrogens (tertiary/aromatic N) is 2. The number of aromatic nitrogens is 1. The summed E-state index contributed by atoms with van der Waals surface area (Å²) in [7, 11) is 1.56. The number of hydrogen-bond donors (Lipinski definition) is 2. The fourth-order valence-corrected chi connectivity index (χ4v) is 4.04. The fraction of sp³-hybridized carbons (Fsp3) is 0.417. The highest BCUT2D eigenvalue weighted by Gasteiger charge is 2.36. The number of nitrogens with two attached hydrogens (primary N) is 1.